The number of phenols is 1. The first-order chi connectivity index (χ1) is 22.9. The minimum absolute atomic E-state index is 0.0679. The molecule has 2 saturated carbocycles. The molecule has 4 aliphatic heterocycles. The normalized spacial score (nSPS) is 31.6. The molecule has 47 heavy (non-hydrogen) atoms. The minimum atomic E-state index is -0.867. The van der Waals surface area contributed by atoms with Gasteiger partial charge in [-0.1, -0.05) is 24.6 Å². The summed E-state index contributed by atoms with van der Waals surface area (Å²) in [6.45, 7) is 2.28. The number of fused-ring (bicyclic) bond motifs is 7. The Hall–Kier alpha value is -3.63. The molecule has 4 aromatic rings. The van der Waals surface area contributed by atoms with Gasteiger partial charge in [-0.3, -0.25) is 9.88 Å². The topological polar surface area (TPSA) is 86.6 Å². The van der Waals surface area contributed by atoms with Crippen molar-refractivity contribution in [1.82, 2.24) is 25.2 Å². The Labute approximate surface area is 272 Å². The number of halogens is 2. The van der Waals surface area contributed by atoms with Gasteiger partial charge in [-0.05, 0) is 85.3 Å². The SMILES string of the molecule is Oc1cc(-c2ncc3c(N4CC5CCC(C4)N5)nc(OCC45CC(F)CN4C4CCCC4C5)nc3c2F)c2c(C3CC3)cccc2c1. The predicted octanol–water partition coefficient (Wildman–Crippen LogP) is 6.24. The molecule has 10 heteroatoms. The maximum atomic E-state index is 17.0. The van der Waals surface area contributed by atoms with E-state index in [0.717, 1.165) is 68.0 Å². The van der Waals surface area contributed by atoms with Gasteiger partial charge in [0.05, 0.1) is 10.9 Å². The number of benzene rings is 2. The van der Waals surface area contributed by atoms with Gasteiger partial charge in [0.15, 0.2) is 5.82 Å². The Morgan fingerprint density at radius 1 is 1.00 bits per heavy atom. The zero-order valence-electron chi connectivity index (χ0n) is 26.5. The largest absolute Gasteiger partial charge is 0.508 e. The Bertz CT molecular complexity index is 1910. The van der Waals surface area contributed by atoms with Gasteiger partial charge in [-0.15, -0.1) is 0 Å². The Kier molecular flexibility index (Phi) is 6.30. The third kappa shape index (κ3) is 4.54. The Morgan fingerprint density at radius 3 is 2.68 bits per heavy atom. The van der Waals surface area contributed by atoms with Gasteiger partial charge < -0.3 is 20.1 Å². The number of phenolic OH excluding ortho intramolecular Hbond substituents is 1. The zero-order valence-corrected chi connectivity index (χ0v) is 26.5. The average molecular weight is 639 g/mol. The molecule has 6 fully saturated rings. The molecule has 2 N–H and O–H groups in total. The number of alkyl halides is 1. The van der Waals surface area contributed by atoms with Gasteiger partial charge in [0.2, 0.25) is 0 Å². The molecule has 0 amide bonds. The molecule has 2 aromatic heterocycles. The van der Waals surface area contributed by atoms with E-state index in [1.807, 2.05) is 12.1 Å². The van der Waals surface area contributed by atoms with Crippen LogP contribution in [0.25, 0.3) is 32.9 Å². The molecule has 4 saturated heterocycles. The number of hydrogen-bond acceptors (Lipinski definition) is 8. The molecule has 2 aromatic carbocycles. The quantitative estimate of drug-likeness (QED) is 0.257. The van der Waals surface area contributed by atoms with Crippen LogP contribution in [0.1, 0.15) is 69.3 Å². The highest BCUT2D eigenvalue weighted by atomic mass is 19.1. The van der Waals surface area contributed by atoms with E-state index < -0.39 is 12.0 Å². The lowest BCUT2D eigenvalue weighted by Crippen LogP contribution is -2.51. The average Bonchev–Trinajstić information content (AvgIpc) is 3.49. The van der Waals surface area contributed by atoms with Gasteiger partial charge >= 0.3 is 6.01 Å². The number of ether oxygens (including phenoxy) is 1. The molecule has 6 aliphatic rings. The molecule has 10 rings (SSSR count). The van der Waals surface area contributed by atoms with E-state index in [-0.39, 0.29) is 28.5 Å². The number of anilines is 1. The van der Waals surface area contributed by atoms with Crippen LogP contribution in [0, 0.1) is 11.7 Å². The van der Waals surface area contributed by atoms with Gasteiger partial charge in [-0.2, -0.15) is 9.97 Å². The van der Waals surface area contributed by atoms with Crippen LogP contribution in [0.15, 0.2) is 36.5 Å². The smallest absolute Gasteiger partial charge is 0.319 e. The molecule has 2 aliphatic carbocycles. The van der Waals surface area contributed by atoms with E-state index in [1.165, 1.54) is 12.8 Å². The van der Waals surface area contributed by atoms with Crippen molar-refractivity contribution in [3.63, 3.8) is 0 Å². The fourth-order valence-corrected chi connectivity index (χ4v) is 10.1. The van der Waals surface area contributed by atoms with Crippen molar-refractivity contribution in [2.45, 2.75) is 93.5 Å². The number of nitrogens with one attached hydrogen (secondary N) is 1. The fourth-order valence-electron chi connectivity index (χ4n) is 10.1. The van der Waals surface area contributed by atoms with Gasteiger partial charge in [-0.25, -0.2) is 8.78 Å². The van der Waals surface area contributed by atoms with E-state index in [4.69, 9.17) is 19.7 Å². The van der Waals surface area contributed by atoms with E-state index in [1.54, 1.807) is 18.3 Å². The van der Waals surface area contributed by atoms with Crippen LogP contribution in [0.2, 0.25) is 0 Å². The molecule has 6 atom stereocenters. The first-order valence-corrected chi connectivity index (χ1v) is 17.6. The van der Waals surface area contributed by atoms with Crippen molar-refractivity contribution in [3.8, 4) is 23.0 Å². The summed E-state index contributed by atoms with van der Waals surface area (Å²) in [4.78, 5) is 19.0. The summed E-state index contributed by atoms with van der Waals surface area (Å²) in [7, 11) is 0. The molecular formula is C37H40F2N6O2. The second-order valence-electron chi connectivity index (χ2n) is 15.2. The fraction of sp³-hybridized carbons (Fsp3) is 0.541. The van der Waals surface area contributed by atoms with Crippen LogP contribution in [0.4, 0.5) is 14.6 Å². The van der Waals surface area contributed by atoms with E-state index in [9.17, 15) is 9.50 Å². The highest BCUT2D eigenvalue weighted by Gasteiger charge is 2.58. The predicted molar refractivity (Wildman–Crippen MR) is 176 cm³/mol. The summed E-state index contributed by atoms with van der Waals surface area (Å²) < 4.78 is 38.4. The van der Waals surface area contributed by atoms with Crippen molar-refractivity contribution < 1.29 is 18.6 Å². The maximum absolute atomic E-state index is 17.0. The second-order valence-corrected chi connectivity index (χ2v) is 15.2. The molecule has 0 spiro atoms. The van der Waals surface area contributed by atoms with Crippen LogP contribution >= 0.6 is 0 Å². The number of rotatable bonds is 6. The van der Waals surface area contributed by atoms with E-state index in [2.05, 4.69) is 21.2 Å². The second kappa shape index (κ2) is 10.4. The third-order valence-corrected chi connectivity index (χ3v) is 12.2. The number of nitrogens with zero attached hydrogens (tertiary/aromatic N) is 5. The number of hydrogen-bond donors (Lipinski definition) is 2. The van der Waals surface area contributed by atoms with Gasteiger partial charge in [0.25, 0.3) is 0 Å². The number of aromatic nitrogens is 3. The Balaban J connectivity index is 1.09. The van der Waals surface area contributed by atoms with Gasteiger partial charge in [0.1, 0.15) is 35.6 Å². The summed E-state index contributed by atoms with van der Waals surface area (Å²) in [5.74, 6) is 1.16. The van der Waals surface area contributed by atoms with E-state index in [0.29, 0.717) is 66.3 Å². The summed E-state index contributed by atoms with van der Waals surface area (Å²) in [5.41, 5.74) is 1.68. The lowest BCUT2D eigenvalue weighted by molar-refractivity contribution is 0.0832. The third-order valence-electron chi connectivity index (χ3n) is 12.2. The summed E-state index contributed by atoms with van der Waals surface area (Å²) in [6.07, 6.45) is 10.1. The van der Waals surface area contributed by atoms with Crippen LogP contribution in [0.3, 0.4) is 0 Å². The van der Waals surface area contributed by atoms with Crippen molar-refractivity contribution in [2.75, 3.05) is 31.1 Å². The molecule has 8 nitrogen and oxygen atoms in total. The molecule has 2 bridgehead atoms. The van der Waals surface area contributed by atoms with Crippen LogP contribution < -0.4 is 15.0 Å². The number of aromatic hydroxyl groups is 1. The molecular weight excluding hydrogens is 598 g/mol. The van der Waals surface area contributed by atoms with Crippen molar-refractivity contribution in [3.05, 3.63) is 47.9 Å². The van der Waals surface area contributed by atoms with Crippen molar-refractivity contribution in [1.29, 1.82) is 0 Å². The summed E-state index contributed by atoms with van der Waals surface area (Å²) in [6, 6.07) is 10.7. The first kappa shape index (κ1) is 28.4. The van der Waals surface area contributed by atoms with Crippen LogP contribution in [-0.4, -0.2) is 81.0 Å². The minimum Gasteiger partial charge on any atom is -0.508 e. The maximum Gasteiger partial charge on any atom is 0.319 e. The van der Waals surface area contributed by atoms with E-state index >= 15 is 4.39 Å². The molecule has 0 radical (unpaired) electrons. The molecule has 244 valence electrons. The van der Waals surface area contributed by atoms with Gasteiger partial charge in [0, 0.05) is 55.9 Å². The number of pyridine rings is 1. The molecule has 6 unspecified atom stereocenters. The standard InChI is InChI=1S/C37H40F2N6O2/c38-23-14-37(13-22-4-2-6-30(22)45(37)16-23)19-47-36-42-34-29(35(43-36)44-17-24-9-10-25(18-44)41-24)15-40-33(32(34)39)28-12-26(46)11-21-3-1-5-27(31(21)28)20-7-8-20/h1,3,5,11-12,15,20,22-25,30,41,46H,2,4,6-10,13-14,16-19H2. The first-order valence-electron chi connectivity index (χ1n) is 17.6. The lowest BCUT2D eigenvalue weighted by Gasteiger charge is -2.35. The van der Waals surface area contributed by atoms with Crippen LogP contribution in [0.5, 0.6) is 11.8 Å². The number of piperazine rings is 1. The summed E-state index contributed by atoms with van der Waals surface area (Å²) >= 11 is 0. The van der Waals surface area contributed by atoms with Crippen molar-refractivity contribution >= 4 is 27.5 Å². The summed E-state index contributed by atoms with van der Waals surface area (Å²) in [5, 5.41) is 16.7. The van der Waals surface area contributed by atoms with Crippen molar-refractivity contribution in [2.24, 2.45) is 5.92 Å². The highest BCUT2D eigenvalue weighted by molar-refractivity contribution is 6.02. The monoisotopic (exact) mass is 638 g/mol. The Morgan fingerprint density at radius 2 is 1.85 bits per heavy atom. The lowest BCUT2D eigenvalue weighted by atomic mass is 9.89. The van der Waals surface area contributed by atoms with Crippen LogP contribution in [-0.2, 0) is 0 Å². The highest BCUT2D eigenvalue weighted by Crippen LogP contribution is 2.52. The zero-order chi connectivity index (χ0) is 31.4. The molecule has 6 heterocycles.